The summed E-state index contributed by atoms with van der Waals surface area (Å²) in [5.41, 5.74) is 2.70. The number of halogens is 6. The summed E-state index contributed by atoms with van der Waals surface area (Å²) in [5.74, 6) is -4.68. The zero-order chi connectivity index (χ0) is 29.3. The van der Waals surface area contributed by atoms with Crippen molar-refractivity contribution in [2.45, 2.75) is 44.3 Å². The Hall–Kier alpha value is -3.46. The van der Waals surface area contributed by atoms with Crippen LogP contribution in [0.4, 0.5) is 32.3 Å². The van der Waals surface area contributed by atoms with Gasteiger partial charge in [0.25, 0.3) is 0 Å². The zero-order valence-corrected chi connectivity index (χ0v) is 20.9. The van der Waals surface area contributed by atoms with Crippen LogP contribution in [0.3, 0.4) is 0 Å². The van der Waals surface area contributed by atoms with Crippen LogP contribution in [-0.2, 0) is 20.9 Å². The summed E-state index contributed by atoms with van der Waals surface area (Å²) in [7, 11) is 0. The molecule has 0 unspecified atom stereocenters. The fraction of sp³-hybridized carbons (Fsp3) is 0.500. The number of benzene rings is 1. The number of anilines is 1. The van der Waals surface area contributed by atoms with E-state index in [0.717, 1.165) is 58.1 Å². The number of carboxylic acid groups (broad SMARTS) is 2. The topological polar surface area (TPSA) is 116 Å². The molecule has 0 atom stereocenters. The Morgan fingerprint density at radius 1 is 0.923 bits per heavy atom. The number of piperidine rings is 1. The first-order valence-electron chi connectivity index (χ1n) is 11.7. The Balaban J connectivity index is 0.000000317. The third kappa shape index (κ3) is 10.7. The molecule has 2 aromatic rings. The Labute approximate surface area is 220 Å². The summed E-state index contributed by atoms with van der Waals surface area (Å²) < 4.78 is 69.7. The number of morpholine rings is 1. The highest BCUT2D eigenvalue weighted by molar-refractivity contribution is 5.73. The molecule has 2 fully saturated rings. The van der Waals surface area contributed by atoms with Gasteiger partial charge in [0.15, 0.2) is 0 Å². The number of hydrogen-bond acceptors (Lipinski definition) is 7. The van der Waals surface area contributed by atoms with Gasteiger partial charge in [-0.15, -0.1) is 0 Å². The third-order valence-corrected chi connectivity index (χ3v) is 5.85. The molecule has 2 aliphatic heterocycles. The molecule has 216 valence electrons. The summed E-state index contributed by atoms with van der Waals surface area (Å²) >= 11 is 0. The molecule has 15 heteroatoms. The first-order chi connectivity index (χ1) is 18.1. The number of aliphatic carboxylic acids is 2. The zero-order valence-electron chi connectivity index (χ0n) is 20.9. The van der Waals surface area contributed by atoms with E-state index < -0.39 is 24.3 Å². The van der Waals surface area contributed by atoms with Crippen molar-refractivity contribution in [3.05, 3.63) is 53.9 Å². The van der Waals surface area contributed by atoms with Gasteiger partial charge in [-0.3, -0.25) is 4.90 Å². The molecule has 2 saturated heterocycles. The second-order valence-electron chi connectivity index (χ2n) is 8.87. The average Bonchev–Trinajstić information content (AvgIpc) is 2.86. The lowest BCUT2D eigenvalue weighted by atomic mass is 9.89. The van der Waals surface area contributed by atoms with Gasteiger partial charge in [0.1, 0.15) is 0 Å². The van der Waals surface area contributed by atoms with E-state index >= 15 is 0 Å². The van der Waals surface area contributed by atoms with Gasteiger partial charge < -0.3 is 19.8 Å². The summed E-state index contributed by atoms with van der Waals surface area (Å²) in [6.45, 7) is 7.93. The van der Waals surface area contributed by atoms with Crippen LogP contribution in [0.15, 0.2) is 42.7 Å². The van der Waals surface area contributed by atoms with Crippen molar-refractivity contribution in [3.63, 3.8) is 0 Å². The molecule has 4 rings (SSSR count). The number of ether oxygens (including phenoxy) is 1. The summed E-state index contributed by atoms with van der Waals surface area (Å²) in [5, 5.41) is 14.2. The molecule has 2 aliphatic rings. The fourth-order valence-corrected chi connectivity index (χ4v) is 3.88. The van der Waals surface area contributed by atoms with Gasteiger partial charge in [-0.2, -0.15) is 26.3 Å². The van der Waals surface area contributed by atoms with E-state index in [0.29, 0.717) is 0 Å². The largest absolute Gasteiger partial charge is 0.490 e. The fourth-order valence-electron chi connectivity index (χ4n) is 3.88. The van der Waals surface area contributed by atoms with Gasteiger partial charge in [0.2, 0.25) is 5.95 Å². The standard InChI is InChI=1S/C20H26N4O.2C2HF3O2/c1-17-3-5-18(6-4-17)15-23-13-14-25-20(16-23)7-11-24(12-8-20)19-21-9-2-10-22-19;2*3-2(4,5)1(6)7/h2-6,9-10H,7-8,11-16H2,1H3;2*(H,6,7). The molecule has 1 aromatic carbocycles. The maximum absolute atomic E-state index is 10.6. The number of rotatable bonds is 3. The molecule has 0 bridgehead atoms. The molecule has 0 saturated carbocycles. The first kappa shape index (κ1) is 31.8. The average molecular weight is 566 g/mol. The Bertz CT molecular complexity index is 1040. The highest BCUT2D eigenvalue weighted by Gasteiger charge is 2.40. The number of aromatic nitrogens is 2. The summed E-state index contributed by atoms with van der Waals surface area (Å²) in [6.07, 6.45) is -4.47. The molecule has 0 radical (unpaired) electrons. The van der Waals surface area contributed by atoms with Crippen LogP contribution in [0.5, 0.6) is 0 Å². The summed E-state index contributed by atoms with van der Waals surface area (Å²) in [6, 6.07) is 10.7. The van der Waals surface area contributed by atoms with E-state index in [1.54, 1.807) is 0 Å². The monoisotopic (exact) mass is 566 g/mol. The molecule has 1 spiro atoms. The lowest BCUT2D eigenvalue weighted by molar-refractivity contribution is -0.193. The molecule has 0 amide bonds. The number of hydrogen-bond donors (Lipinski definition) is 2. The van der Waals surface area contributed by atoms with Crippen molar-refractivity contribution >= 4 is 17.9 Å². The van der Waals surface area contributed by atoms with Gasteiger partial charge in [-0.1, -0.05) is 29.8 Å². The predicted molar refractivity (Wildman–Crippen MR) is 126 cm³/mol. The molecule has 1 aromatic heterocycles. The number of nitrogens with zero attached hydrogens (tertiary/aromatic N) is 4. The van der Waals surface area contributed by atoms with Crippen LogP contribution in [0, 0.1) is 6.92 Å². The number of alkyl halides is 6. The van der Waals surface area contributed by atoms with Gasteiger partial charge in [0.05, 0.1) is 12.2 Å². The third-order valence-electron chi connectivity index (χ3n) is 5.85. The lowest BCUT2D eigenvalue weighted by Crippen LogP contribution is -2.56. The van der Waals surface area contributed by atoms with E-state index in [9.17, 15) is 26.3 Å². The molecule has 9 nitrogen and oxygen atoms in total. The molecular formula is C24H28F6N4O5. The van der Waals surface area contributed by atoms with Crippen molar-refractivity contribution in [2.24, 2.45) is 0 Å². The minimum absolute atomic E-state index is 0.00573. The Morgan fingerprint density at radius 3 is 1.87 bits per heavy atom. The van der Waals surface area contributed by atoms with Crippen LogP contribution < -0.4 is 4.90 Å². The van der Waals surface area contributed by atoms with Gasteiger partial charge in [-0.25, -0.2) is 19.6 Å². The van der Waals surface area contributed by atoms with Gasteiger partial charge >= 0.3 is 24.3 Å². The SMILES string of the molecule is Cc1ccc(CN2CCOC3(CCN(c4ncccn4)CC3)C2)cc1.O=C(O)C(F)(F)F.O=C(O)C(F)(F)F. The van der Waals surface area contributed by atoms with E-state index in [4.69, 9.17) is 24.5 Å². The predicted octanol–water partition coefficient (Wildman–Crippen LogP) is 3.92. The molecule has 39 heavy (non-hydrogen) atoms. The maximum Gasteiger partial charge on any atom is 0.490 e. The van der Waals surface area contributed by atoms with Crippen molar-refractivity contribution in [2.75, 3.05) is 37.7 Å². The van der Waals surface area contributed by atoms with E-state index in [1.165, 1.54) is 11.1 Å². The number of carbonyl (C=O) groups is 2. The van der Waals surface area contributed by atoms with Crippen molar-refractivity contribution in [3.8, 4) is 0 Å². The smallest absolute Gasteiger partial charge is 0.475 e. The van der Waals surface area contributed by atoms with Crippen LogP contribution in [0.1, 0.15) is 24.0 Å². The quantitative estimate of drug-likeness (QED) is 0.534. The van der Waals surface area contributed by atoms with Gasteiger partial charge in [0, 0.05) is 45.1 Å². The minimum Gasteiger partial charge on any atom is -0.475 e. The lowest BCUT2D eigenvalue weighted by Gasteiger charge is -2.47. The number of aryl methyl sites for hydroxylation is 1. The molecule has 0 aliphatic carbocycles. The van der Waals surface area contributed by atoms with Gasteiger partial charge in [-0.05, 0) is 31.4 Å². The van der Waals surface area contributed by atoms with Crippen LogP contribution in [0.25, 0.3) is 0 Å². The van der Waals surface area contributed by atoms with Crippen LogP contribution in [-0.4, -0.2) is 87.8 Å². The first-order valence-corrected chi connectivity index (χ1v) is 11.7. The molecule has 2 N–H and O–H groups in total. The second-order valence-corrected chi connectivity index (χ2v) is 8.87. The van der Waals surface area contributed by atoms with E-state index in [2.05, 4.69) is 51.0 Å². The molecular weight excluding hydrogens is 538 g/mol. The molecule has 3 heterocycles. The minimum atomic E-state index is -5.08. The highest BCUT2D eigenvalue weighted by atomic mass is 19.4. The number of carboxylic acids is 2. The van der Waals surface area contributed by atoms with Crippen LogP contribution in [0.2, 0.25) is 0 Å². The van der Waals surface area contributed by atoms with E-state index in [-0.39, 0.29) is 5.60 Å². The maximum atomic E-state index is 10.6. The van der Waals surface area contributed by atoms with Crippen molar-refractivity contribution < 1.29 is 50.9 Å². The van der Waals surface area contributed by atoms with E-state index in [1.807, 2.05) is 18.5 Å². The highest BCUT2D eigenvalue weighted by Crippen LogP contribution is 2.31. The Kier molecular flexibility index (Phi) is 11.0. The Morgan fingerprint density at radius 2 is 1.41 bits per heavy atom. The second kappa shape index (κ2) is 13.6. The van der Waals surface area contributed by atoms with Crippen molar-refractivity contribution in [1.29, 1.82) is 0 Å². The van der Waals surface area contributed by atoms with Crippen molar-refractivity contribution in [1.82, 2.24) is 14.9 Å². The normalized spacial score (nSPS) is 17.4. The summed E-state index contributed by atoms with van der Waals surface area (Å²) in [4.78, 5) is 31.4. The van der Waals surface area contributed by atoms with Crippen LogP contribution >= 0.6 is 0 Å².